The Hall–Kier alpha value is -3.85. The Morgan fingerprint density at radius 1 is 0.786 bits per heavy atom. The highest BCUT2D eigenvalue weighted by atomic mass is 35.5. The van der Waals surface area contributed by atoms with Crippen molar-refractivity contribution in [2.75, 3.05) is 10.6 Å². The van der Waals surface area contributed by atoms with E-state index in [1.807, 2.05) is 0 Å². The fraction of sp³-hybridized carbons (Fsp3) is 0. The zero-order chi connectivity index (χ0) is 20.4. The van der Waals surface area contributed by atoms with Gasteiger partial charge in [0.2, 0.25) is 0 Å². The number of nitrogens with zero attached hydrogens (tertiary/aromatic N) is 1. The fourth-order valence-electron chi connectivity index (χ4n) is 2.46. The lowest BCUT2D eigenvalue weighted by molar-refractivity contribution is -0.383. The second kappa shape index (κ2) is 7.41. The molecule has 144 valence electrons. The molecule has 0 aliphatic carbocycles. The summed E-state index contributed by atoms with van der Waals surface area (Å²) in [6.07, 6.45) is 0. The van der Waals surface area contributed by atoms with Crippen LogP contribution in [0.2, 0.25) is 5.02 Å². The molecule has 0 bridgehead atoms. The first-order valence-electron chi connectivity index (χ1n) is 7.81. The van der Waals surface area contributed by atoms with Gasteiger partial charge in [0, 0.05) is 6.07 Å². The molecule has 0 aliphatic rings. The van der Waals surface area contributed by atoms with Gasteiger partial charge in [0.05, 0.1) is 27.0 Å². The molecule has 0 unspecified atom stereocenters. The Labute approximate surface area is 163 Å². The van der Waals surface area contributed by atoms with Crippen molar-refractivity contribution >= 4 is 40.0 Å². The summed E-state index contributed by atoms with van der Waals surface area (Å²) < 4.78 is 0. The molecule has 0 spiro atoms. The number of benzene rings is 3. The smallest absolute Gasteiger partial charge is 0.294 e. The van der Waals surface area contributed by atoms with Gasteiger partial charge in [0.1, 0.15) is 5.69 Å². The van der Waals surface area contributed by atoms with Crippen molar-refractivity contribution in [3.8, 4) is 23.0 Å². The molecule has 6 N–H and O–H groups in total. The van der Waals surface area contributed by atoms with Gasteiger partial charge in [0.15, 0.2) is 23.0 Å². The highest BCUT2D eigenvalue weighted by Gasteiger charge is 2.20. The number of hydrogen-bond donors (Lipinski definition) is 6. The van der Waals surface area contributed by atoms with Crippen LogP contribution in [0.3, 0.4) is 0 Å². The fourth-order valence-corrected chi connectivity index (χ4v) is 2.67. The highest BCUT2D eigenvalue weighted by Crippen LogP contribution is 2.42. The summed E-state index contributed by atoms with van der Waals surface area (Å²) in [5.41, 5.74) is -0.149. The molecule has 0 fully saturated rings. The molecule has 10 heteroatoms. The molecule has 0 heterocycles. The molecule has 0 saturated carbocycles. The lowest BCUT2D eigenvalue weighted by atomic mass is 10.2. The minimum atomic E-state index is -0.661. The summed E-state index contributed by atoms with van der Waals surface area (Å²) in [6.45, 7) is 0. The number of nitro benzene ring substituents is 1. The maximum Gasteiger partial charge on any atom is 0.294 e. The SMILES string of the molecule is O=[N+]([O-])c1cc(Nc2cccc(O)c2O)c(Cl)cc1Nc1cccc(O)c1O. The van der Waals surface area contributed by atoms with Crippen LogP contribution in [0.1, 0.15) is 0 Å². The molecule has 0 radical (unpaired) electrons. The molecule has 0 aromatic heterocycles. The summed E-state index contributed by atoms with van der Waals surface area (Å²) in [4.78, 5) is 10.8. The van der Waals surface area contributed by atoms with E-state index in [-0.39, 0.29) is 39.2 Å². The molecule has 0 aliphatic heterocycles. The summed E-state index contributed by atoms with van der Waals surface area (Å²) >= 11 is 6.20. The number of anilines is 4. The minimum Gasteiger partial charge on any atom is -0.504 e. The summed E-state index contributed by atoms with van der Waals surface area (Å²) in [7, 11) is 0. The van der Waals surface area contributed by atoms with Gasteiger partial charge < -0.3 is 31.1 Å². The maximum atomic E-state index is 11.5. The summed E-state index contributed by atoms with van der Waals surface area (Å²) in [6, 6.07) is 10.7. The van der Waals surface area contributed by atoms with Crippen LogP contribution in [0, 0.1) is 10.1 Å². The van der Waals surface area contributed by atoms with Gasteiger partial charge in [-0.2, -0.15) is 0 Å². The Morgan fingerprint density at radius 2 is 1.29 bits per heavy atom. The lowest BCUT2D eigenvalue weighted by Gasteiger charge is -2.14. The number of halogens is 1. The number of nitrogens with one attached hydrogen (secondary N) is 2. The Kier molecular flexibility index (Phi) is 5.01. The van der Waals surface area contributed by atoms with Gasteiger partial charge in [-0.15, -0.1) is 0 Å². The first-order valence-corrected chi connectivity index (χ1v) is 8.19. The third-order valence-electron chi connectivity index (χ3n) is 3.85. The van der Waals surface area contributed by atoms with E-state index in [9.17, 15) is 30.5 Å². The van der Waals surface area contributed by atoms with Gasteiger partial charge >= 0.3 is 0 Å². The first kappa shape index (κ1) is 18.9. The van der Waals surface area contributed by atoms with Crippen molar-refractivity contribution in [3.63, 3.8) is 0 Å². The molecule has 3 aromatic rings. The van der Waals surface area contributed by atoms with E-state index >= 15 is 0 Å². The molecule has 0 saturated heterocycles. The third kappa shape index (κ3) is 3.64. The Morgan fingerprint density at radius 3 is 1.79 bits per heavy atom. The molecule has 28 heavy (non-hydrogen) atoms. The second-order valence-corrected chi connectivity index (χ2v) is 6.11. The van der Waals surface area contributed by atoms with Crippen LogP contribution in [-0.4, -0.2) is 25.3 Å². The number of aromatic hydroxyl groups is 4. The number of para-hydroxylation sites is 2. The van der Waals surface area contributed by atoms with Crippen LogP contribution in [0.25, 0.3) is 0 Å². The van der Waals surface area contributed by atoms with Crippen molar-refractivity contribution in [2.24, 2.45) is 0 Å². The average Bonchev–Trinajstić information content (AvgIpc) is 2.64. The van der Waals surface area contributed by atoms with E-state index in [2.05, 4.69) is 10.6 Å². The van der Waals surface area contributed by atoms with Crippen molar-refractivity contribution in [1.82, 2.24) is 0 Å². The zero-order valence-electron chi connectivity index (χ0n) is 14.0. The molecular formula is C18H14ClN3O6. The predicted octanol–water partition coefficient (Wildman–Crippen LogP) is 4.56. The van der Waals surface area contributed by atoms with Crippen LogP contribution in [0.5, 0.6) is 23.0 Å². The summed E-state index contributed by atoms with van der Waals surface area (Å²) in [5.74, 6) is -1.67. The Balaban J connectivity index is 2.02. The van der Waals surface area contributed by atoms with Gasteiger partial charge in [-0.3, -0.25) is 10.1 Å². The van der Waals surface area contributed by atoms with Crippen LogP contribution >= 0.6 is 11.6 Å². The predicted molar refractivity (Wildman–Crippen MR) is 104 cm³/mol. The van der Waals surface area contributed by atoms with Gasteiger partial charge in [0.25, 0.3) is 5.69 Å². The Bertz CT molecular complexity index is 1070. The normalized spacial score (nSPS) is 10.5. The van der Waals surface area contributed by atoms with E-state index in [1.165, 1.54) is 42.5 Å². The lowest BCUT2D eigenvalue weighted by Crippen LogP contribution is -2.00. The molecule has 0 atom stereocenters. The summed E-state index contributed by atoms with van der Waals surface area (Å²) in [5, 5.41) is 55.8. The third-order valence-corrected chi connectivity index (χ3v) is 4.16. The molecule has 3 rings (SSSR count). The number of phenolic OH excluding ortho intramolecular Hbond substituents is 4. The quantitative estimate of drug-likeness (QED) is 0.206. The van der Waals surface area contributed by atoms with Crippen molar-refractivity contribution in [2.45, 2.75) is 0 Å². The zero-order valence-corrected chi connectivity index (χ0v) is 14.8. The molecule has 9 nitrogen and oxygen atoms in total. The van der Waals surface area contributed by atoms with Crippen molar-refractivity contribution in [1.29, 1.82) is 0 Å². The van der Waals surface area contributed by atoms with E-state index in [4.69, 9.17) is 11.6 Å². The van der Waals surface area contributed by atoms with E-state index in [0.717, 1.165) is 6.07 Å². The highest BCUT2D eigenvalue weighted by molar-refractivity contribution is 6.34. The van der Waals surface area contributed by atoms with Crippen molar-refractivity contribution in [3.05, 3.63) is 63.7 Å². The second-order valence-electron chi connectivity index (χ2n) is 5.70. The van der Waals surface area contributed by atoms with Crippen molar-refractivity contribution < 1.29 is 25.3 Å². The molecule has 0 amide bonds. The van der Waals surface area contributed by atoms with Crippen LogP contribution in [0.15, 0.2) is 48.5 Å². The number of nitro groups is 1. The number of hydrogen-bond acceptors (Lipinski definition) is 8. The number of rotatable bonds is 5. The molecule has 3 aromatic carbocycles. The largest absolute Gasteiger partial charge is 0.504 e. The maximum absolute atomic E-state index is 11.5. The van der Waals surface area contributed by atoms with Crippen LogP contribution in [0.4, 0.5) is 28.4 Å². The topological polar surface area (TPSA) is 148 Å². The number of phenols is 4. The van der Waals surface area contributed by atoms with Crippen LogP contribution < -0.4 is 10.6 Å². The van der Waals surface area contributed by atoms with Gasteiger partial charge in [-0.05, 0) is 30.3 Å². The molecular weight excluding hydrogens is 390 g/mol. The minimum absolute atomic E-state index is 0.0263. The van der Waals surface area contributed by atoms with E-state index < -0.39 is 22.2 Å². The standard InChI is InChI=1S/C18H14ClN3O6/c19-9-7-13(21-11-4-2-6-16(24)18(11)26)14(22(27)28)8-12(9)20-10-3-1-5-15(23)17(10)25/h1-8,20-21,23-26H. The monoisotopic (exact) mass is 403 g/mol. The van der Waals surface area contributed by atoms with Gasteiger partial charge in [-0.25, -0.2) is 0 Å². The van der Waals surface area contributed by atoms with Crippen LogP contribution in [-0.2, 0) is 0 Å². The average molecular weight is 404 g/mol. The van der Waals surface area contributed by atoms with Gasteiger partial charge in [-0.1, -0.05) is 23.7 Å². The van der Waals surface area contributed by atoms with E-state index in [0.29, 0.717) is 0 Å². The van der Waals surface area contributed by atoms with E-state index in [1.54, 1.807) is 0 Å². The first-order chi connectivity index (χ1) is 13.3.